The summed E-state index contributed by atoms with van der Waals surface area (Å²) in [5.41, 5.74) is -1.54. The quantitative estimate of drug-likeness (QED) is 0.478. The van der Waals surface area contributed by atoms with Crippen LogP contribution in [0.2, 0.25) is 5.02 Å². The Balaban J connectivity index is 1.77. The van der Waals surface area contributed by atoms with Crippen molar-refractivity contribution in [3.05, 3.63) is 29.3 Å². The molecule has 3 aliphatic rings. The molecule has 2 bridgehead atoms. The maximum Gasteiger partial charge on any atom is 0.250 e. The fraction of sp³-hybridized carbons (Fsp3) is 0.654. The number of fused-ring (bicyclic) bond motifs is 1. The van der Waals surface area contributed by atoms with Crippen LogP contribution < -0.4 is 10.6 Å². The van der Waals surface area contributed by atoms with Crippen LogP contribution in [0.25, 0.3) is 0 Å². The van der Waals surface area contributed by atoms with Gasteiger partial charge in [-0.25, -0.2) is 0 Å². The molecule has 0 aliphatic carbocycles. The van der Waals surface area contributed by atoms with E-state index in [2.05, 4.69) is 10.6 Å². The first-order valence-corrected chi connectivity index (χ1v) is 12.9. The number of likely N-dealkylation sites (tertiary alicyclic amines) is 1. The van der Waals surface area contributed by atoms with Crippen LogP contribution in [0.1, 0.15) is 53.4 Å². The lowest BCUT2D eigenvalue weighted by atomic mass is 9.66. The van der Waals surface area contributed by atoms with E-state index < -0.39 is 41.0 Å². The minimum atomic E-state index is -1.14. The van der Waals surface area contributed by atoms with Crippen LogP contribution in [0, 0.1) is 17.8 Å². The molecule has 9 heteroatoms. The van der Waals surface area contributed by atoms with Gasteiger partial charge in [-0.05, 0) is 50.7 Å². The lowest BCUT2D eigenvalue weighted by Gasteiger charge is -2.37. The second-order valence-electron chi connectivity index (χ2n) is 10.7. The first-order chi connectivity index (χ1) is 16.6. The number of ether oxygens (including phenoxy) is 1. The van der Waals surface area contributed by atoms with E-state index in [-0.39, 0.29) is 24.3 Å². The number of carbonyl (C=O) groups excluding carboxylic acids is 3. The summed E-state index contributed by atoms with van der Waals surface area (Å²) in [6.07, 6.45) is 2.34. The number of hydrogen-bond acceptors (Lipinski definition) is 5. The van der Waals surface area contributed by atoms with Gasteiger partial charge in [-0.3, -0.25) is 14.4 Å². The van der Waals surface area contributed by atoms with Crippen LogP contribution in [0.4, 0.5) is 5.69 Å². The van der Waals surface area contributed by atoms with Crippen LogP contribution in [-0.2, 0) is 19.1 Å². The van der Waals surface area contributed by atoms with Crippen molar-refractivity contribution in [3.63, 3.8) is 0 Å². The fourth-order valence-corrected chi connectivity index (χ4v) is 6.58. The zero-order valence-corrected chi connectivity index (χ0v) is 21.6. The Kier molecular flexibility index (Phi) is 7.19. The highest BCUT2D eigenvalue weighted by Crippen LogP contribution is 2.63. The molecule has 8 nitrogen and oxygen atoms in total. The van der Waals surface area contributed by atoms with E-state index in [0.717, 1.165) is 6.42 Å². The summed E-state index contributed by atoms with van der Waals surface area (Å²) < 4.78 is 6.59. The minimum Gasteiger partial charge on any atom is -0.394 e. The van der Waals surface area contributed by atoms with Gasteiger partial charge in [0.05, 0.1) is 40.8 Å². The lowest BCUT2D eigenvalue weighted by Crippen LogP contribution is -2.56. The van der Waals surface area contributed by atoms with Gasteiger partial charge in [-0.15, -0.1) is 0 Å². The molecule has 192 valence electrons. The molecular formula is C26H36ClN3O5. The average Bonchev–Trinajstić information content (AvgIpc) is 3.38. The largest absolute Gasteiger partial charge is 0.394 e. The van der Waals surface area contributed by atoms with Crippen LogP contribution >= 0.6 is 11.6 Å². The highest BCUT2D eigenvalue weighted by molar-refractivity contribution is 6.33. The highest BCUT2D eigenvalue weighted by atomic mass is 35.5. The maximum atomic E-state index is 14.1. The third-order valence-electron chi connectivity index (χ3n) is 7.77. The molecule has 2 unspecified atom stereocenters. The number of amides is 3. The van der Waals surface area contributed by atoms with E-state index in [1.807, 2.05) is 27.7 Å². The van der Waals surface area contributed by atoms with Crippen molar-refractivity contribution >= 4 is 35.0 Å². The third kappa shape index (κ3) is 4.23. The highest BCUT2D eigenvalue weighted by Gasteiger charge is 2.78. The number of anilines is 1. The molecule has 3 N–H and O–H groups in total. The van der Waals surface area contributed by atoms with Crippen molar-refractivity contribution in [2.45, 2.75) is 76.7 Å². The lowest BCUT2D eigenvalue weighted by molar-refractivity contribution is -0.148. The smallest absolute Gasteiger partial charge is 0.250 e. The molecule has 3 fully saturated rings. The van der Waals surface area contributed by atoms with Gasteiger partial charge in [-0.1, -0.05) is 44.5 Å². The Morgan fingerprint density at radius 2 is 1.97 bits per heavy atom. The first kappa shape index (κ1) is 25.9. The van der Waals surface area contributed by atoms with Gasteiger partial charge in [0.2, 0.25) is 17.7 Å². The fourth-order valence-electron chi connectivity index (χ4n) is 6.40. The number of aliphatic hydroxyl groups excluding tert-OH is 1. The van der Waals surface area contributed by atoms with E-state index in [1.165, 1.54) is 4.90 Å². The first-order valence-electron chi connectivity index (χ1n) is 12.6. The third-order valence-corrected chi connectivity index (χ3v) is 8.10. The van der Waals surface area contributed by atoms with Crippen LogP contribution in [0.3, 0.4) is 0 Å². The Morgan fingerprint density at radius 1 is 1.26 bits per heavy atom. The molecule has 1 aromatic rings. The summed E-state index contributed by atoms with van der Waals surface area (Å²) in [5, 5.41) is 16.5. The Bertz CT molecular complexity index is 1000. The van der Waals surface area contributed by atoms with Gasteiger partial charge in [0.1, 0.15) is 11.6 Å². The monoisotopic (exact) mass is 505 g/mol. The van der Waals surface area contributed by atoms with Crippen molar-refractivity contribution in [3.8, 4) is 0 Å². The van der Waals surface area contributed by atoms with Crippen molar-refractivity contribution in [2.24, 2.45) is 17.8 Å². The number of nitrogens with zero attached hydrogens (tertiary/aromatic N) is 1. The predicted molar refractivity (Wildman–Crippen MR) is 133 cm³/mol. The number of hydrogen-bond donors (Lipinski definition) is 3. The zero-order chi connectivity index (χ0) is 25.5. The van der Waals surface area contributed by atoms with Gasteiger partial charge >= 0.3 is 0 Å². The molecule has 1 spiro atoms. The summed E-state index contributed by atoms with van der Waals surface area (Å²) in [5.74, 6) is -2.25. The van der Waals surface area contributed by atoms with Crippen LogP contribution in [0.5, 0.6) is 0 Å². The van der Waals surface area contributed by atoms with Crippen LogP contribution in [-0.4, -0.2) is 64.2 Å². The molecule has 0 saturated carbocycles. The van der Waals surface area contributed by atoms with Crippen molar-refractivity contribution in [1.82, 2.24) is 10.2 Å². The second-order valence-corrected chi connectivity index (χ2v) is 11.1. The molecule has 6 atom stereocenters. The number of halogens is 1. The van der Waals surface area contributed by atoms with E-state index in [4.69, 9.17) is 16.3 Å². The maximum absolute atomic E-state index is 14.1. The van der Waals surface area contributed by atoms with Gasteiger partial charge in [0.25, 0.3) is 0 Å². The number of para-hydroxylation sites is 1. The SMILES string of the molecule is CCCNC(=O)[C@@H]1[C@H]2C(=O)N([C@@H](CO)CC(C)C)C(C(=O)Nc3ccccc3Cl)C23CC[C@@]1(C)O3. The van der Waals surface area contributed by atoms with Crippen molar-refractivity contribution in [2.75, 3.05) is 18.5 Å². The van der Waals surface area contributed by atoms with E-state index in [0.29, 0.717) is 36.5 Å². The van der Waals surface area contributed by atoms with Crippen molar-refractivity contribution < 1.29 is 24.2 Å². The Hall–Kier alpha value is -2.16. The van der Waals surface area contributed by atoms with Gasteiger partial charge in [-0.2, -0.15) is 0 Å². The van der Waals surface area contributed by atoms with Gasteiger partial charge in [0, 0.05) is 6.54 Å². The van der Waals surface area contributed by atoms with E-state index in [9.17, 15) is 19.5 Å². The van der Waals surface area contributed by atoms with E-state index in [1.54, 1.807) is 24.3 Å². The molecule has 0 radical (unpaired) electrons. The summed E-state index contributed by atoms with van der Waals surface area (Å²) in [7, 11) is 0. The normalized spacial score (nSPS) is 32.1. The van der Waals surface area contributed by atoms with Crippen molar-refractivity contribution in [1.29, 1.82) is 0 Å². The molecular weight excluding hydrogens is 470 g/mol. The standard InChI is InChI=1S/C26H36ClN3O5/c1-5-12-28-22(32)19-20-24(34)30(16(14-31)13-15(2)3)21(26(20)11-10-25(19,4)35-26)23(33)29-18-9-7-6-8-17(18)27/h6-9,15-16,19-21,31H,5,10-14H2,1-4H3,(H,28,32)(H,29,33)/t16-,19+,20+,21?,25-,26?/m1/s1. The molecule has 4 rings (SSSR count). The predicted octanol–water partition coefficient (Wildman–Crippen LogP) is 2.98. The summed E-state index contributed by atoms with van der Waals surface area (Å²) in [6, 6.07) is 5.35. The number of nitrogens with one attached hydrogen (secondary N) is 2. The molecule has 3 amide bonds. The topological polar surface area (TPSA) is 108 Å². The van der Waals surface area contributed by atoms with Crippen LogP contribution in [0.15, 0.2) is 24.3 Å². The number of aliphatic hydroxyl groups is 1. The van der Waals surface area contributed by atoms with Gasteiger partial charge in [0.15, 0.2) is 0 Å². The summed E-state index contributed by atoms with van der Waals surface area (Å²) in [6.45, 7) is 8.07. The molecule has 35 heavy (non-hydrogen) atoms. The molecule has 3 heterocycles. The molecule has 1 aromatic carbocycles. The minimum absolute atomic E-state index is 0.184. The summed E-state index contributed by atoms with van der Waals surface area (Å²) >= 11 is 6.30. The number of benzene rings is 1. The average molecular weight is 506 g/mol. The molecule has 3 saturated heterocycles. The zero-order valence-electron chi connectivity index (χ0n) is 20.8. The van der Waals surface area contributed by atoms with Gasteiger partial charge < -0.3 is 25.4 Å². The Labute approximate surface area is 211 Å². The molecule has 3 aliphatic heterocycles. The summed E-state index contributed by atoms with van der Waals surface area (Å²) in [4.78, 5) is 42.7. The number of carbonyl (C=O) groups is 3. The molecule has 0 aromatic heterocycles. The second kappa shape index (κ2) is 9.71. The Morgan fingerprint density at radius 3 is 2.60 bits per heavy atom. The van der Waals surface area contributed by atoms with E-state index >= 15 is 0 Å². The number of rotatable bonds is 9.